The van der Waals surface area contributed by atoms with Crippen molar-refractivity contribution in [3.63, 3.8) is 0 Å². The number of nitrogen functional groups attached to an aromatic ring is 1. The smallest absolute Gasteiger partial charge is 0.184 e. The van der Waals surface area contributed by atoms with Gasteiger partial charge in [0.05, 0.1) is 12.2 Å². The third kappa shape index (κ3) is 1.97. The summed E-state index contributed by atoms with van der Waals surface area (Å²) in [6.45, 7) is 4.43. The Kier molecular flexibility index (Phi) is 3.04. The predicted octanol–water partition coefficient (Wildman–Crippen LogP) is 1.86. The molecule has 0 amide bonds. The summed E-state index contributed by atoms with van der Waals surface area (Å²) < 4.78 is 1.85. The lowest BCUT2D eigenvalue weighted by Gasteiger charge is -2.24. The lowest BCUT2D eigenvalue weighted by atomic mass is 10.3. The van der Waals surface area contributed by atoms with E-state index in [2.05, 4.69) is 21.5 Å². The van der Waals surface area contributed by atoms with Crippen molar-refractivity contribution in [2.24, 2.45) is 0 Å². The lowest BCUT2D eigenvalue weighted by Crippen LogP contribution is -2.29. The monoisotopic (exact) mass is 266 g/mol. The van der Waals surface area contributed by atoms with Crippen molar-refractivity contribution < 1.29 is 0 Å². The van der Waals surface area contributed by atoms with Crippen LogP contribution in [-0.4, -0.2) is 26.2 Å². The molecule has 3 aromatic rings. The van der Waals surface area contributed by atoms with Crippen LogP contribution in [0.1, 0.15) is 0 Å². The lowest BCUT2D eigenvalue weighted by molar-refractivity contribution is 0.749. The highest BCUT2D eigenvalue weighted by molar-refractivity contribution is 5.81. The minimum Gasteiger partial charge on any atom is -0.382 e. The van der Waals surface area contributed by atoms with Crippen LogP contribution in [0.25, 0.3) is 11.2 Å². The largest absolute Gasteiger partial charge is 0.382 e. The number of nitrogens with two attached hydrogens (primary N) is 1. The topological polar surface area (TPSA) is 72.9 Å². The number of hydrogen-bond acceptors (Lipinski definition) is 5. The molecule has 0 aliphatic rings. The molecular weight excluding hydrogens is 252 g/mol. The Labute approximate surface area is 116 Å². The van der Waals surface area contributed by atoms with Crippen LogP contribution >= 0.6 is 0 Å². The molecule has 20 heavy (non-hydrogen) atoms. The Morgan fingerprint density at radius 1 is 1.20 bits per heavy atom. The molecule has 6 nitrogen and oxygen atoms in total. The molecule has 0 spiro atoms. The highest BCUT2D eigenvalue weighted by Gasteiger charge is 2.13. The fourth-order valence-corrected chi connectivity index (χ4v) is 2.06. The van der Waals surface area contributed by atoms with Gasteiger partial charge in [-0.05, 0) is 12.1 Å². The van der Waals surface area contributed by atoms with Gasteiger partial charge in [-0.2, -0.15) is 0 Å². The van der Waals surface area contributed by atoms with E-state index in [1.165, 1.54) is 6.33 Å². The van der Waals surface area contributed by atoms with Crippen molar-refractivity contribution in [3.8, 4) is 0 Å². The number of benzene rings is 1. The summed E-state index contributed by atoms with van der Waals surface area (Å²) in [7, 11) is 0. The molecule has 100 valence electrons. The van der Waals surface area contributed by atoms with E-state index in [0.717, 1.165) is 5.69 Å². The van der Waals surface area contributed by atoms with Gasteiger partial charge in [0, 0.05) is 0 Å². The van der Waals surface area contributed by atoms with E-state index in [0.29, 0.717) is 23.5 Å². The number of hydrogen-bond donors (Lipinski definition) is 1. The summed E-state index contributed by atoms with van der Waals surface area (Å²) >= 11 is 0. The molecule has 0 atom stereocenters. The molecule has 0 aliphatic carbocycles. The van der Waals surface area contributed by atoms with Crippen molar-refractivity contribution in [1.82, 2.24) is 19.6 Å². The van der Waals surface area contributed by atoms with E-state index in [1.807, 2.05) is 46.1 Å². The minimum absolute atomic E-state index is 0.375. The van der Waals surface area contributed by atoms with Gasteiger partial charge in [0.1, 0.15) is 12.7 Å². The maximum atomic E-state index is 5.82. The molecule has 0 saturated carbocycles. The number of anilines is 2. The summed E-state index contributed by atoms with van der Waals surface area (Å²) in [6.07, 6.45) is 4.95. The van der Waals surface area contributed by atoms with Crippen molar-refractivity contribution in [2.45, 2.75) is 0 Å². The molecule has 0 saturated heterocycles. The zero-order chi connectivity index (χ0) is 13.9. The van der Waals surface area contributed by atoms with Gasteiger partial charge in [0.25, 0.3) is 0 Å². The summed E-state index contributed by atoms with van der Waals surface area (Å²) in [5, 5.41) is 2.01. The van der Waals surface area contributed by atoms with E-state index in [4.69, 9.17) is 5.73 Å². The van der Waals surface area contributed by atoms with Gasteiger partial charge in [-0.25, -0.2) is 19.6 Å². The van der Waals surface area contributed by atoms with E-state index in [-0.39, 0.29) is 0 Å². The summed E-state index contributed by atoms with van der Waals surface area (Å²) in [4.78, 5) is 12.5. The van der Waals surface area contributed by atoms with E-state index in [9.17, 15) is 0 Å². The number of imidazole rings is 1. The minimum atomic E-state index is 0.375. The van der Waals surface area contributed by atoms with Gasteiger partial charge in [-0.3, -0.25) is 5.01 Å². The Hall–Kier alpha value is -2.89. The maximum Gasteiger partial charge on any atom is 0.184 e. The standard InChI is InChI=1S/C14H14N6/c1-2-8-19(11-6-4-3-5-7-11)20-10-18-12-13(15)16-9-17-14(12)20/h2-7,9-10H,1,8H2,(H2,15,16,17). The molecule has 0 unspecified atom stereocenters. The third-order valence-corrected chi connectivity index (χ3v) is 2.96. The molecule has 0 fully saturated rings. The van der Waals surface area contributed by atoms with Crippen LogP contribution in [0.5, 0.6) is 0 Å². The molecule has 2 heterocycles. The first kappa shape index (κ1) is 12.2. The highest BCUT2D eigenvalue weighted by Crippen LogP contribution is 2.20. The average Bonchev–Trinajstić information content (AvgIpc) is 2.91. The van der Waals surface area contributed by atoms with E-state index < -0.39 is 0 Å². The molecule has 1 aromatic carbocycles. The van der Waals surface area contributed by atoms with Gasteiger partial charge < -0.3 is 5.73 Å². The number of fused-ring (bicyclic) bond motifs is 1. The number of nitrogens with zero attached hydrogens (tertiary/aromatic N) is 5. The van der Waals surface area contributed by atoms with Crippen molar-refractivity contribution in [1.29, 1.82) is 0 Å². The molecule has 2 aromatic heterocycles. The van der Waals surface area contributed by atoms with E-state index in [1.54, 1.807) is 6.33 Å². The van der Waals surface area contributed by atoms with Gasteiger partial charge in [-0.15, -0.1) is 6.58 Å². The fraction of sp³-hybridized carbons (Fsp3) is 0.0714. The van der Waals surface area contributed by atoms with Crippen LogP contribution in [-0.2, 0) is 0 Å². The molecule has 0 aliphatic heterocycles. The second kappa shape index (κ2) is 5.00. The Balaban J connectivity index is 2.15. The summed E-state index contributed by atoms with van der Waals surface area (Å²) in [5.74, 6) is 0.375. The first-order valence-corrected chi connectivity index (χ1v) is 6.18. The van der Waals surface area contributed by atoms with Crippen molar-refractivity contribution >= 4 is 22.7 Å². The van der Waals surface area contributed by atoms with Gasteiger partial charge >= 0.3 is 0 Å². The zero-order valence-corrected chi connectivity index (χ0v) is 10.8. The van der Waals surface area contributed by atoms with E-state index >= 15 is 0 Å². The molecule has 0 radical (unpaired) electrons. The Bertz CT molecular complexity index is 734. The van der Waals surface area contributed by atoms with Crippen molar-refractivity contribution in [2.75, 3.05) is 17.3 Å². The van der Waals surface area contributed by atoms with Crippen LogP contribution < -0.4 is 10.7 Å². The van der Waals surface area contributed by atoms with Gasteiger partial charge in [-0.1, -0.05) is 24.3 Å². The third-order valence-electron chi connectivity index (χ3n) is 2.96. The van der Waals surface area contributed by atoms with Crippen LogP contribution in [0, 0.1) is 0 Å². The highest BCUT2D eigenvalue weighted by atomic mass is 15.6. The van der Waals surface area contributed by atoms with Crippen LogP contribution in [0.2, 0.25) is 0 Å². The van der Waals surface area contributed by atoms with Crippen LogP contribution in [0.4, 0.5) is 11.5 Å². The molecule has 2 N–H and O–H groups in total. The normalized spacial score (nSPS) is 10.6. The second-order valence-corrected chi connectivity index (χ2v) is 4.23. The van der Waals surface area contributed by atoms with Crippen LogP contribution in [0.15, 0.2) is 55.6 Å². The molecule has 0 bridgehead atoms. The summed E-state index contributed by atoms with van der Waals surface area (Å²) in [5.41, 5.74) is 8.10. The Morgan fingerprint density at radius 2 is 2.00 bits per heavy atom. The van der Waals surface area contributed by atoms with Gasteiger partial charge in [0.15, 0.2) is 17.0 Å². The van der Waals surface area contributed by atoms with Crippen molar-refractivity contribution in [3.05, 3.63) is 55.6 Å². The Morgan fingerprint density at radius 3 is 2.75 bits per heavy atom. The second-order valence-electron chi connectivity index (χ2n) is 4.23. The summed E-state index contributed by atoms with van der Waals surface area (Å²) in [6, 6.07) is 9.96. The molecule has 3 rings (SSSR count). The SMILES string of the molecule is C=CCN(c1ccccc1)n1cnc2c(N)ncnc21. The van der Waals surface area contributed by atoms with Gasteiger partial charge in [0.2, 0.25) is 0 Å². The zero-order valence-electron chi connectivity index (χ0n) is 10.8. The number of para-hydroxylation sites is 1. The maximum absolute atomic E-state index is 5.82. The molecule has 6 heteroatoms. The number of rotatable bonds is 4. The average molecular weight is 266 g/mol. The van der Waals surface area contributed by atoms with Crippen LogP contribution in [0.3, 0.4) is 0 Å². The fourth-order valence-electron chi connectivity index (χ4n) is 2.06. The first-order valence-electron chi connectivity index (χ1n) is 6.18. The predicted molar refractivity (Wildman–Crippen MR) is 79.1 cm³/mol. The first-order chi connectivity index (χ1) is 9.81. The quantitative estimate of drug-likeness (QED) is 0.730. The molecular formula is C14H14N6. The number of aromatic nitrogens is 4.